The molecule has 3 heterocycles. The molecule has 0 amide bonds. The SMILES string of the molecule is CC(C)(O)Cn1cnc2c(-c3cnc(N)nc3)nc(Cl)nc21. The van der Waals surface area contributed by atoms with Crippen LogP contribution in [0.5, 0.6) is 0 Å². The van der Waals surface area contributed by atoms with Gasteiger partial charge in [-0.2, -0.15) is 4.98 Å². The molecule has 114 valence electrons. The maximum Gasteiger partial charge on any atom is 0.225 e. The highest BCUT2D eigenvalue weighted by atomic mass is 35.5. The molecule has 8 nitrogen and oxygen atoms in total. The van der Waals surface area contributed by atoms with Crippen LogP contribution in [0.2, 0.25) is 5.28 Å². The maximum atomic E-state index is 9.98. The number of nitrogens with two attached hydrogens (primary N) is 1. The summed E-state index contributed by atoms with van der Waals surface area (Å²) in [6, 6.07) is 0. The summed E-state index contributed by atoms with van der Waals surface area (Å²) in [6.07, 6.45) is 4.69. The number of aromatic nitrogens is 6. The van der Waals surface area contributed by atoms with Crippen molar-refractivity contribution in [3.63, 3.8) is 0 Å². The van der Waals surface area contributed by atoms with Gasteiger partial charge in [-0.25, -0.2) is 19.9 Å². The van der Waals surface area contributed by atoms with E-state index in [0.717, 1.165) is 0 Å². The third kappa shape index (κ3) is 2.83. The zero-order chi connectivity index (χ0) is 15.9. The van der Waals surface area contributed by atoms with Crippen LogP contribution in [-0.2, 0) is 6.54 Å². The summed E-state index contributed by atoms with van der Waals surface area (Å²) in [5.74, 6) is 0.174. The molecule has 3 N–H and O–H groups in total. The molecule has 0 saturated heterocycles. The van der Waals surface area contributed by atoms with Gasteiger partial charge in [0.1, 0.15) is 11.2 Å². The molecular formula is C13H14ClN7O. The number of aliphatic hydroxyl groups is 1. The van der Waals surface area contributed by atoms with E-state index in [9.17, 15) is 5.11 Å². The molecule has 0 fully saturated rings. The fraction of sp³-hybridized carbons (Fsp3) is 0.308. The number of hydrogen-bond acceptors (Lipinski definition) is 7. The summed E-state index contributed by atoms with van der Waals surface area (Å²) < 4.78 is 1.73. The molecule has 3 aromatic heterocycles. The van der Waals surface area contributed by atoms with Crippen molar-refractivity contribution < 1.29 is 5.11 Å². The molecule has 0 radical (unpaired) electrons. The minimum Gasteiger partial charge on any atom is -0.389 e. The number of anilines is 1. The largest absolute Gasteiger partial charge is 0.389 e. The Kier molecular flexibility index (Phi) is 3.42. The molecule has 0 aliphatic carbocycles. The van der Waals surface area contributed by atoms with Crippen LogP contribution < -0.4 is 5.73 Å². The number of nitrogens with zero attached hydrogens (tertiary/aromatic N) is 6. The Bertz CT molecular complexity index is 823. The zero-order valence-electron chi connectivity index (χ0n) is 12.0. The van der Waals surface area contributed by atoms with Crippen molar-refractivity contribution in [3.8, 4) is 11.3 Å². The van der Waals surface area contributed by atoms with Gasteiger partial charge in [-0.1, -0.05) is 0 Å². The minimum atomic E-state index is -0.907. The van der Waals surface area contributed by atoms with Gasteiger partial charge in [0, 0.05) is 18.0 Å². The van der Waals surface area contributed by atoms with Gasteiger partial charge in [-0.3, -0.25) is 0 Å². The average Bonchev–Trinajstić information content (AvgIpc) is 2.80. The first kappa shape index (κ1) is 14.6. The van der Waals surface area contributed by atoms with Crippen LogP contribution in [0.4, 0.5) is 5.95 Å². The average molecular weight is 320 g/mol. The van der Waals surface area contributed by atoms with Crippen LogP contribution in [0.15, 0.2) is 18.7 Å². The van der Waals surface area contributed by atoms with Gasteiger partial charge in [0.15, 0.2) is 5.65 Å². The Morgan fingerprint density at radius 2 is 1.91 bits per heavy atom. The first-order valence-electron chi connectivity index (χ1n) is 6.52. The van der Waals surface area contributed by atoms with Gasteiger partial charge in [0.25, 0.3) is 0 Å². The second-order valence-electron chi connectivity index (χ2n) is 5.53. The standard InChI is InChI=1S/C13H14ClN7O/c1-13(2,22)5-21-6-18-9-8(19-11(14)20-10(9)21)7-3-16-12(15)17-4-7/h3-4,6,22H,5H2,1-2H3,(H2,15,16,17). The summed E-state index contributed by atoms with van der Waals surface area (Å²) in [6.45, 7) is 3.74. The predicted octanol–water partition coefficient (Wildman–Crippen LogP) is 1.29. The van der Waals surface area contributed by atoms with Crippen molar-refractivity contribution in [1.29, 1.82) is 0 Å². The Balaban J connectivity index is 2.18. The first-order chi connectivity index (χ1) is 10.3. The lowest BCUT2D eigenvalue weighted by Gasteiger charge is -2.17. The van der Waals surface area contributed by atoms with Crippen LogP contribution in [0.1, 0.15) is 13.8 Å². The molecule has 0 spiro atoms. The number of rotatable bonds is 3. The lowest BCUT2D eigenvalue weighted by molar-refractivity contribution is 0.0625. The number of imidazole rings is 1. The molecule has 22 heavy (non-hydrogen) atoms. The Hall–Kier alpha value is -2.32. The summed E-state index contributed by atoms with van der Waals surface area (Å²) in [5.41, 5.74) is 6.83. The number of halogens is 1. The summed E-state index contributed by atoms with van der Waals surface area (Å²) in [5, 5.41) is 10.1. The topological polar surface area (TPSA) is 116 Å². The van der Waals surface area contributed by atoms with E-state index in [-0.39, 0.29) is 11.2 Å². The summed E-state index contributed by atoms with van der Waals surface area (Å²) in [7, 11) is 0. The highest BCUT2D eigenvalue weighted by Crippen LogP contribution is 2.26. The molecule has 0 aromatic carbocycles. The molecule has 0 unspecified atom stereocenters. The highest BCUT2D eigenvalue weighted by Gasteiger charge is 2.19. The Morgan fingerprint density at radius 1 is 1.23 bits per heavy atom. The lowest BCUT2D eigenvalue weighted by Crippen LogP contribution is -2.25. The van der Waals surface area contributed by atoms with Crippen LogP contribution in [0.25, 0.3) is 22.4 Å². The van der Waals surface area contributed by atoms with Crippen LogP contribution in [-0.4, -0.2) is 40.2 Å². The van der Waals surface area contributed by atoms with Crippen molar-refractivity contribution in [2.24, 2.45) is 0 Å². The number of fused-ring (bicyclic) bond motifs is 1. The summed E-state index contributed by atoms with van der Waals surface area (Å²) >= 11 is 6.01. The van der Waals surface area contributed by atoms with E-state index in [2.05, 4.69) is 24.9 Å². The molecular weight excluding hydrogens is 306 g/mol. The molecule has 0 bridgehead atoms. The molecule has 9 heteroatoms. The molecule has 3 rings (SSSR count). The van der Waals surface area contributed by atoms with Gasteiger partial charge in [-0.05, 0) is 25.4 Å². The van der Waals surface area contributed by atoms with E-state index in [0.29, 0.717) is 29.0 Å². The van der Waals surface area contributed by atoms with Crippen molar-refractivity contribution in [1.82, 2.24) is 29.5 Å². The minimum absolute atomic E-state index is 0.0804. The van der Waals surface area contributed by atoms with E-state index in [1.165, 1.54) is 0 Å². The zero-order valence-corrected chi connectivity index (χ0v) is 12.8. The summed E-state index contributed by atoms with van der Waals surface area (Å²) in [4.78, 5) is 20.6. The van der Waals surface area contributed by atoms with Crippen molar-refractivity contribution >= 4 is 28.7 Å². The molecule has 0 atom stereocenters. The second-order valence-corrected chi connectivity index (χ2v) is 5.87. The van der Waals surface area contributed by atoms with Gasteiger partial charge in [0.05, 0.1) is 18.5 Å². The van der Waals surface area contributed by atoms with E-state index in [4.69, 9.17) is 17.3 Å². The monoisotopic (exact) mass is 319 g/mol. The van der Waals surface area contributed by atoms with E-state index < -0.39 is 5.60 Å². The second kappa shape index (κ2) is 5.15. The van der Waals surface area contributed by atoms with E-state index in [1.807, 2.05) is 0 Å². The third-order valence-electron chi connectivity index (χ3n) is 2.94. The number of nitrogen functional groups attached to an aromatic ring is 1. The fourth-order valence-corrected chi connectivity index (χ4v) is 2.28. The van der Waals surface area contributed by atoms with Crippen molar-refractivity contribution in [2.45, 2.75) is 26.0 Å². The number of hydrogen-bond donors (Lipinski definition) is 2. The fourth-order valence-electron chi connectivity index (χ4n) is 2.11. The van der Waals surface area contributed by atoms with Crippen LogP contribution in [0, 0.1) is 0 Å². The molecule has 0 aliphatic rings. The molecule has 0 aliphatic heterocycles. The van der Waals surface area contributed by atoms with Crippen LogP contribution >= 0.6 is 11.6 Å². The Labute approximate surface area is 131 Å². The van der Waals surface area contributed by atoms with Crippen LogP contribution in [0.3, 0.4) is 0 Å². The van der Waals surface area contributed by atoms with E-state index in [1.54, 1.807) is 37.1 Å². The lowest BCUT2D eigenvalue weighted by atomic mass is 10.1. The van der Waals surface area contributed by atoms with Gasteiger partial charge in [-0.15, -0.1) is 0 Å². The highest BCUT2D eigenvalue weighted by molar-refractivity contribution is 6.28. The quantitative estimate of drug-likeness (QED) is 0.699. The smallest absolute Gasteiger partial charge is 0.225 e. The molecule has 3 aromatic rings. The van der Waals surface area contributed by atoms with Crippen molar-refractivity contribution in [2.75, 3.05) is 5.73 Å². The van der Waals surface area contributed by atoms with Gasteiger partial charge >= 0.3 is 0 Å². The van der Waals surface area contributed by atoms with Gasteiger partial charge < -0.3 is 15.4 Å². The van der Waals surface area contributed by atoms with Crippen molar-refractivity contribution in [3.05, 3.63) is 24.0 Å². The Morgan fingerprint density at radius 3 is 2.55 bits per heavy atom. The maximum absolute atomic E-state index is 9.98. The predicted molar refractivity (Wildman–Crippen MR) is 82.1 cm³/mol. The normalized spacial score (nSPS) is 12.0. The third-order valence-corrected chi connectivity index (χ3v) is 3.11. The first-order valence-corrected chi connectivity index (χ1v) is 6.90. The van der Waals surface area contributed by atoms with Gasteiger partial charge in [0.2, 0.25) is 11.2 Å². The van der Waals surface area contributed by atoms with E-state index >= 15 is 0 Å². The molecule has 0 saturated carbocycles.